The second-order valence-corrected chi connectivity index (χ2v) is 3.46. The van der Waals surface area contributed by atoms with Crippen LogP contribution < -0.4 is 10.1 Å². The molecule has 0 amide bonds. The Morgan fingerprint density at radius 2 is 1.88 bits per heavy atom. The monoisotopic (exact) mass is 245 g/mol. The van der Waals surface area contributed by atoms with Gasteiger partial charge in [-0.05, 0) is 37.1 Å². The van der Waals surface area contributed by atoms with Crippen LogP contribution in [0.15, 0.2) is 24.3 Å². The Morgan fingerprint density at radius 3 is 2.44 bits per heavy atom. The number of hydrogen-bond acceptors (Lipinski definition) is 3. The second kappa shape index (κ2) is 9.46. The van der Waals surface area contributed by atoms with E-state index >= 15 is 0 Å². The molecular weight excluding hydrogens is 226 g/mol. The summed E-state index contributed by atoms with van der Waals surface area (Å²) in [6.07, 6.45) is 1.89. The number of unbranched alkanes of at least 4 members (excludes halogenated alkanes) is 1. The molecule has 0 aliphatic rings. The summed E-state index contributed by atoms with van der Waals surface area (Å²) < 4.78 is 5.08. The van der Waals surface area contributed by atoms with Crippen LogP contribution >= 0.6 is 12.4 Å². The topological polar surface area (TPSA) is 41.5 Å². The molecule has 0 bridgehead atoms. The molecule has 0 spiro atoms. The van der Waals surface area contributed by atoms with Gasteiger partial charge in [0.15, 0.2) is 0 Å². The molecule has 0 aromatic heterocycles. The van der Waals surface area contributed by atoms with Gasteiger partial charge < -0.3 is 15.2 Å². The van der Waals surface area contributed by atoms with Gasteiger partial charge in [0.2, 0.25) is 0 Å². The molecule has 1 aromatic carbocycles. The molecule has 0 aliphatic carbocycles. The molecule has 0 saturated carbocycles. The number of ether oxygens (including phenoxy) is 1. The molecule has 1 rings (SSSR count). The highest BCUT2D eigenvalue weighted by Crippen LogP contribution is 2.10. The van der Waals surface area contributed by atoms with Crippen LogP contribution in [0.4, 0.5) is 0 Å². The zero-order valence-electron chi connectivity index (χ0n) is 9.61. The number of aliphatic hydroxyl groups is 1. The van der Waals surface area contributed by atoms with Crippen molar-refractivity contribution in [3.63, 3.8) is 0 Å². The maximum atomic E-state index is 8.60. The quantitative estimate of drug-likeness (QED) is 0.722. The van der Waals surface area contributed by atoms with E-state index in [4.69, 9.17) is 9.84 Å². The predicted octanol–water partition coefficient (Wildman–Crippen LogP) is 1.98. The Bertz CT molecular complexity index is 264. The first-order valence-electron chi connectivity index (χ1n) is 5.31. The molecule has 0 atom stereocenters. The van der Waals surface area contributed by atoms with Crippen molar-refractivity contribution >= 4 is 12.4 Å². The second-order valence-electron chi connectivity index (χ2n) is 3.46. The molecule has 16 heavy (non-hydrogen) atoms. The lowest BCUT2D eigenvalue weighted by molar-refractivity contribution is 0.283. The highest BCUT2D eigenvalue weighted by molar-refractivity contribution is 5.85. The van der Waals surface area contributed by atoms with E-state index in [1.54, 1.807) is 7.11 Å². The van der Waals surface area contributed by atoms with Gasteiger partial charge in [-0.3, -0.25) is 0 Å². The molecule has 0 heterocycles. The summed E-state index contributed by atoms with van der Waals surface area (Å²) in [6.45, 7) is 2.10. The Hall–Kier alpha value is -0.770. The highest BCUT2D eigenvalue weighted by Gasteiger charge is 1.93. The fourth-order valence-corrected chi connectivity index (χ4v) is 1.34. The van der Waals surface area contributed by atoms with E-state index in [0.717, 1.165) is 31.7 Å². The molecule has 92 valence electrons. The van der Waals surface area contributed by atoms with Crippen molar-refractivity contribution in [3.05, 3.63) is 29.8 Å². The van der Waals surface area contributed by atoms with E-state index in [-0.39, 0.29) is 19.0 Å². The lowest BCUT2D eigenvalue weighted by atomic mass is 10.2. The average molecular weight is 246 g/mol. The third-order valence-electron chi connectivity index (χ3n) is 2.25. The van der Waals surface area contributed by atoms with Crippen molar-refractivity contribution in [2.24, 2.45) is 0 Å². The van der Waals surface area contributed by atoms with Gasteiger partial charge in [0.1, 0.15) is 5.75 Å². The summed E-state index contributed by atoms with van der Waals surface area (Å²) in [6, 6.07) is 8.03. The van der Waals surface area contributed by atoms with Crippen molar-refractivity contribution in [1.82, 2.24) is 5.32 Å². The van der Waals surface area contributed by atoms with Crippen molar-refractivity contribution in [1.29, 1.82) is 0 Å². The molecule has 0 aliphatic heterocycles. The number of hydrogen-bond donors (Lipinski definition) is 2. The van der Waals surface area contributed by atoms with Crippen molar-refractivity contribution in [3.8, 4) is 5.75 Å². The summed E-state index contributed by atoms with van der Waals surface area (Å²) in [7, 11) is 1.67. The minimum atomic E-state index is 0. The van der Waals surface area contributed by atoms with Crippen LogP contribution in [0.25, 0.3) is 0 Å². The van der Waals surface area contributed by atoms with Gasteiger partial charge in [0, 0.05) is 13.2 Å². The van der Waals surface area contributed by atoms with Crippen molar-refractivity contribution < 1.29 is 9.84 Å². The first-order chi connectivity index (χ1) is 7.36. The molecule has 0 unspecified atom stereocenters. The van der Waals surface area contributed by atoms with Gasteiger partial charge in [-0.2, -0.15) is 0 Å². The standard InChI is InChI=1S/C12H19NO2.ClH/c1-15-12-6-4-11(5-7-12)10-13-8-2-3-9-14;/h4-7,13-14H,2-3,8-10H2,1H3;1H. The van der Waals surface area contributed by atoms with Gasteiger partial charge in [-0.25, -0.2) is 0 Å². The number of benzene rings is 1. The minimum absolute atomic E-state index is 0. The fraction of sp³-hybridized carbons (Fsp3) is 0.500. The summed E-state index contributed by atoms with van der Waals surface area (Å²) >= 11 is 0. The van der Waals surface area contributed by atoms with Gasteiger partial charge in [0.25, 0.3) is 0 Å². The van der Waals surface area contributed by atoms with Crippen molar-refractivity contribution in [2.75, 3.05) is 20.3 Å². The Kier molecular flexibility index (Phi) is 9.00. The Morgan fingerprint density at radius 1 is 1.19 bits per heavy atom. The lowest BCUT2D eigenvalue weighted by Gasteiger charge is -2.05. The van der Waals surface area contributed by atoms with Crippen LogP contribution in [0.1, 0.15) is 18.4 Å². The third kappa shape index (κ3) is 5.95. The number of nitrogens with one attached hydrogen (secondary N) is 1. The van der Waals surface area contributed by atoms with Gasteiger partial charge in [-0.1, -0.05) is 12.1 Å². The maximum Gasteiger partial charge on any atom is 0.118 e. The maximum absolute atomic E-state index is 8.60. The summed E-state index contributed by atoms with van der Waals surface area (Å²) in [5.74, 6) is 0.888. The molecule has 4 heteroatoms. The molecule has 1 aromatic rings. The number of rotatable bonds is 7. The van der Waals surface area contributed by atoms with Gasteiger partial charge in [0.05, 0.1) is 7.11 Å². The normalized spacial score (nSPS) is 9.62. The SMILES string of the molecule is COc1ccc(CNCCCCO)cc1.Cl. The Labute approximate surface area is 103 Å². The molecule has 2 N–H and O–H groups in total. The minimum Gasteiger partial charge on any atom is -0.497 e. The van der Waals surface area contributed by atoms with Crippen LogP contribution in [0.5, 0.6) is 5.75 Å². The van der Waals surface area contributed by atoms with Crippen LogP contribution in [-0.2, 0) is 6.54 Å². The van der Waals surface area contributed by atoms with Gasteiger partial charge >= 0.3 is 0 Å². The molecule has 3 nitrogen and oxygen atoms in total. The van der Waals surface area contributed by atoms with E-state index in [1.165, 1.54) is 5.56 Å². The first-order valence-corrected chi connectivity index (χ1v) is 5.31. The van der Waals surface area contributed by atoms with Crippen LogP contribution in [-0.4, -0.2) is 25.4 Å². The molecule has 0 fully saturated rings. The summed E-state index contributed by atoms with van der Waals surface area (Å²) in [5.41, 5.74) is 1.25. The summed E-state index contributed by atoms with van der Waals surface area (Å²) in [4.78, 5) is 0. The van der Waals surface area contributed by atoms with E-state index < -0.39 is 0 Å². The van der Waals surface area contributed by atoms with Crippen LogP contribution in [0.2, 0.25) is 0 Å². The Balaban J connectivity index is 0.00000225. The third-order valence-corrected chi connectivity index (χ3v) is 2.25. The molecule has 0 saturated heterocycles. The molecular formula is C12H20ClNO2. The zero-order valence-corrected chi connectivity index (χ0v) is 10.4. The molecule has 0 radical (unpaired) electrons. The number of methoxy groups -OCH3 is 1. The van der Waals surface area contributed by atoms with Crippen LogP contribution in [0, 0.1) is 0 Å². The first kappa shape index (κ1) is 15.2. The van der Waals surface area contributed by atoms with E-state index in [1.807, 2.05) is 12.1 Å². The number of halogens is 1. The highest BCUT2D eigenvalue weighted by atomic mass is 35.5. The zero-order chi connectivity index (χ0) is 10.9. The van der Waals surface area contributed by atoms with E-state index in [2.05, 4.69) is 17.4 Å². The fourth-order valence-electron chi connectivity index (χ4n) is 1.34. The predicted molar refractivity (Wildman–Crippen MR) is 68.3 cm³/mol. The van der Waals surface area contributed by atoms with Gasteiger partial charge in [-0.15, -0.1) is 12.4 Å². The number of aliphatic hydroxyl groups excluding tert-OH is 1. The lowest BCUT2D eigenvalue weighted by Crippen LogP contribution is -2.14. The average Bonchev–Trinajstić information content (AvgIpc) is 2.30. The smallest absolute Gasteiger partial charge is 0.118 e. The van der Waals surface area contributed by atoms with Crippen molar-refractivity contribution in [2.45, 2.75) is 19.4 Å². The van der Waals surface area contributed by atoms with Crippen LogP contribution in [0.3, 0.4) is 0 Å². The van der Waals surface area contributed by atoms with E-state index in [0.29, 0.717) is 0 Å². The van der Waals surface area contributed by atoms with E-state index in [9.17, 15) is 0 Å². The largest absolute Gasteiger partial charge is 0.497 e. The summed E-state index contributed by atoms with van der Waals surface area (Å²) in [5, 5.41) is 11.9.